The molecule has 0 bridgehead atoms. The summed E-state index contributed by atoms with van der Waals surface area (Å²) >= 11 is 0. The molecular weight excluding hydrogens is 270 g/mol. The van der Waals surface area contributed by atoms with Gasteiger partial charge in [0.2, 0.25) is 0 Å². The molecule has 1 aliphatic rings. The van der Waals surface area contributed by atoms with E-state index < -0.39 is 18.1 Å². The van der Waals surface area contributed by atoms with Crippen LogP contribution in [0.3, 0.4) is 0 Å². The molecule has 6 heteroatoms. The Balaban J connectivity index is 0.00000180. The first-order valence-electron chi connectivity index (χ1n) is 5.91. The summed E-state index contributed by atoms with van der Waals surface area (Å²) in [6.07, 6.45) is 0.192. The molecule has 3 N–H and O–H groups in total. The van der Waals surface area contributed by atoms with Crippen molar-refractivity contribution in [2.75, 3.05) is 7.11 Å². The minimum absolute atomic E-state index is 0. The normalized spacial score (nSPS) is 26.3. The second-order valence-corrected chi connectivity index (χ2v) is 4.51. The smallest absolute Gasteiger partial charge is 0.320 e. The van der Waals surface area contributed by atoms with Crippen molar-refractivity contribution in [3.63, 3.8) is 0 Å². The van der Waals surface area contributed by atoms with Gasteiger partial charge in [-0.1, -0.05) is 12.1 Å². The zero-order chi connectivity index (χ0) is 13.1. The molecule has 0 aliphatic carbocycles. The van der Waals surface area contributed by atoms with Crippen molar-refractivity contribution in [2.45, 2.75) is 31.0 Å². The molecule has 0 unspecified atom stereocenters. The Morgan fingerprint density at radius 1 is 1.32 bits per heavy atom. The van der Waals surface area contributed by atoms with Crippen LogP contribution < -0.4 is 10.1 Å². The number of aliphatic hydroxyl groups excluding tert-OH is 1. The quantitative estimate of drug-likeness (QED) is 0.782. The number of methoxy groups -OCH3 is 1. The maximum absolute atomic E-state index is 11.0. The molecule has 1 fully saturated rings. The van der Waals surface area contributed by atoms with Gasteiger partial charge in [0.05, 0.1) is 13.2 Å². The van der Waals surface area contributed by atoms with E-state index in [1.165, 1.54) is 0 Å². The Hall–Kier alpha value is -1.30. The van der Waals surface area contributed by atoms with Crippen molar-refractivity contribution >= 4 is 18.4 Å². The summed E-state index contributed by atoms with van der Waals surface area (Å²) in [5, 5.41) is 21.8. The van der Waals surface area contributed by atoms with E-state index >= 15 is 0 Å². The fourth-order valence-corrected chi connectivity index (χ4v) is 2.26. The lowest BCUT2D eigenvalue weighted by atomic mass is 9.91. The highest BCUT2D eigenvalue weighted by Gasteiger charge is 2.31. The van der Waals surface area contributed by atoms with Gasteiger partial charge in [0, 0.05) is 6.04 Å². The van der Waals surface area contributed by atoms with Gasteiger partial charge in [-0.2, -0.15) is 0 Å². The maximum Gasteiger partial charge on any atom is 0.320 e. The topological polar surface area (TPSA) is 78.8 Å². The van der Waals surface area contributed by atoms with Crippen LogP contribution in [0.25, 0.3) is 0 Å². The van der Waals surface area contributed by atoms with Gasteiger partial charge in [-0.3, -0.25) is 10.1 Å². The fourth-order valence-electron chi connectivity index (χ4n) is 2.26. The summed E-state index contributed by atoms with van der Waals surface area (Å²) in [6.45, 7) is 0. The van der Waals surface area contributed by atoms with Crippen LogP contribution in [0.5, 0.6) is 5.75 Å². The highest BCUT2D eigenvalue weighted by atomic mass is 35.5. The van der Waals surface area contributed by atoms with E-state index in [0.717, 1.165) is 11.3 Å². The molecule has 0 radical (unpaired) electrons. The van der Waals surface area contributed by atoms with Gasteiger partial charge in [-0.05, 0) is 30.5 Å². The number of halogens is 1. The standard InChI is InChI=1S/C13H17NO4.ClH/c1-18-10-4-2-8(3-5-10)11-6-9(15)7-12(14-11)13(16)17;/h2-5,9,11-12,14-15H,6-7H2,1H3,(H,16,17);1H/t9-,11-,12+;/m1./s1. The Bertz CT molecular complexity index is 423. The van der Waals surface area contributed by atoms with E-state index in [1.807, 2.05) is 24.3 Å². The van der Waals surface area contributed by atoms with E-state index in [1.54, 1.807) is 7.11 Å². The first-order valence-corrected chi connectivity index (χ1v) is 5.91. The molecule has 0 aromatic heterocycles. The molecule has 106 valence electrons. The monoisotopic (exact) mass is 287 g/mol. The minimum Gasteiger partial charge on any atom is -0.497 e. The summed E-state index contributed by atoms with van der Waals surface area (Å²) in [5.74, 6) is -0.169. The van der Waals surface area contributed by atoms with Crippen molar-refractivity contribution in [1.29, 1.82) is 0 Å². The number of piperidine rings is 1. The fraction of sp³-hybridized carbons (Fsp3) is 0.462. The number of carboxylic acids is 1. The lowest BCUT2D eigenvalue weighted by molar-refractivity contribution is -0.141. The third kappa shape index (κ3) is 3.83. The van der Waals surface area contributed by atoms with E-state index in [4.69, 9.17) is 9.84 Å². The predicted molar refractivity (Wildman–Crippen MR) is 72.8 cm³/mol. The summed E-state index contributed by atoms with van der Waals surface area (Å²) in [6, 6.07) is 6.59. The minimum atomic E-state index is -0.924. The number of nitrogens with one attached hydrogen (secondary N) is 1. The molecule has 19 heavy (non-hydrogen) atoms. The zero-order valence-electron chi connectivity index (χ0n) is 10.6. The van der Waals surface area contributed by atoms with E-state index in [9.17, 15) is 9.90 Å². The molecule has 3 atom stereocenters. The van der Waals surface area contributed by atoms with Gasteiger partial charge in [0.15, 0.2) is 0 Å². The van der Waals surface area contributed by atoms with E-state index in [-0.39, 0.29) is 24.9 Å². The average molecular weight is 288 g/mol. The van der Waals surface area contributed by atoms with Crippen molar-refractivity contribution in [3.05, 3.63) is 29.8 Å². The number of hydrogen-bond acceptors (Lipinski definition) is 4. The first kappa shape index (κ1) is 15.8. The van der Waals surface area contributed by atoms with E-state index in [0.29, 0.717) is 6.42 Å². The number of hydrogen-bond donors (Lipinski definition) is 3. The summed E-state index contributed by atoms with van der Waals surface area (Å²) in [7, 11) is 1.60. The zero-order valence-corrected chi connectivity index (χ0v) is 11.4. The molecule has 1 heterocycles. The van der Waals surface area contributed by atoms with Gasteiger partial charge in [0.1, 0.15) is 11.8 Å². The van der Waals surface area contributed by atoms with Crippen LogP contribution in [0.15, 0.2) is 24.3 Å². The number of ether oxygens (including phenoxy) is 1. The Morgan fingerprint density at radius 2 is 1.95 bits per heavy atom. The molecule has 1 aliphatic heterocycles. The number of aliphatic hydroxyl groups is 1. The van der Waals surface area contributed by atoms with Gasteiger partial charge < -0.3 is 14.9 Å². The van der Waals surface area contributed by atoms with Gasteiger partial charge in [-0.15, -0.1) is 12.4 Å². The third-order valence-corrected chi connectivity index (χ3v) is 3.23. The molecule has 1 aromatic carbocycles. The number of carbonyl (C=O) groups is 1. The van der Waals surface area contributed by atoms with Crippen molar-refractivity contribution < 1.29 is 19.7 Å². The predicted octanol–water partition coefficient (Wildman–Crippen LogP) is 1.36. The van der Waals surface area contributed by atoms with Crippen molar-refractivity contribution in [3.8, 4) is 5.75 Å². The number of rotatable bonds is 3. The summed E-state index contributed by atoms with van der Waals surface area (Å²) in [5.41, 5.74) is 0.959. The molecular formula is C13H18ClNO4. The summed E-state index contributed by atoms with van der Waals surface area (Å²) in [4.78, 5) is 11.0. The van der Waals surface area contributed by atoms with Crippen LogP contribution in [-0.4, -0.2) is 35.4 Å². The summed E-state index contributed by atoms with van der Waals surface area (Å²) < 4.78 is 5.07. The lowest BCUT2D eigenvalue weighted by Crippen LogP contribution is -2.47. The Kier molecular flexibility index (Phi) is 5.60. The molecule has 0 amide bonds. The number of aliphatic carboxylic acids is 1. The molecule has 1 saturated heterocycles. The molecule has 5 nitrogen and oxygen atoms in total. The van der Waals surface area contributed by atoms with Crippen LogP contribution in [0.2, 0.25) is 0 Å². The molecule has 0 saturated carbocycles. The first-order chi connectivity index (χ1) is 8.60. The van der Waals surface area contributed by atoms with Crippen molar-refractivity contribution in [1.82, 2.24) is 5.32 Å². The van der Waals surface area contributed by atoms with Crippen LogP contribution in [0.4, 0.5) is 0 Å². The van der Waals surface area contributed by atoms with E-state index in [2.05, 4.69) is 5.32 Å². The van der Waals surface area contributed by atoms with Gasteiger partial charge in [-0.25, -0.2) is 0 Å². The molecule has 0 spiro atoms. The second-order valence-electron chi connectivity index (χ2n) is 4.51. The highest BCUT2D eigenvalue weighted by Crippen LogP contribution is 2.27. The average Bonchev–Trinajstić information content (AvgIpc) is 2.38. The highest BCUT2D eigenvalue weighted by molar-refractivity contribution is 5.85. The third-order valence-electron chi connectivity index (χ3n) is 3.23. The molecule has 1 aromatic rings. The molecule has 2 rings (SSSR count). The lowest BCUT2D eigenvalue weighted by Gasteiger charge is -2.32. The van der Waals surface area contributed by atoms with Crippen LogP contribution in [0, 0.1) is 0 Å². The Labute approximate surface area is 118 Å². The Morgan fingerprint density at radius 3 is 2.47 bits per heavy atom. The van der Waals surface area contributed by atoms with Crippen LogP contribution in [-0.2, 0) is 4.79 Å². The van der Waals surface area contributed by atoms with Gasteiger partial charge >= 0.3 is 5.97 Å². The number of benzene rings is 1. The maximum atomic E-state index is 11.0. The largest absolute Gasteiger partial charge is 0.497 e. The van der Waals surface area contributed by atoms with Gasteiger partial charge in [0.25, 0.3) is 0 Å². The number of carboxylic acid groups (broad SMARTS) is 1. The second kappa shape index (κ2) is 6.75. The van der Waals surface area contributed by atoms with Crippen LogP contribution in [0.1, 0.15) is 24.4 Å². The van der Waals surface area contributed by atoms with Crippen LogP contribution >= 0.6 is 12.4 Å². The SMILES string of the molecule is COc1ccc([C@H]2C[C@@H](O)C[C@@H](C(=O)O)N2)cc1.Cl. The van der Waals surface area contributed by atoms with Crippen molar-refractivity contribution in [2.24, 2.45) is 0 Å².